The van der Waals surface area contributed by atoms with Crippen LogP contribution in [0.1, 0.15) is 37.6 Å². The van der Waals surface area contributed by atoms with Gasteiger partial charge in [-0.15, -0.1) is 0 Å². The van der Waals surface area contributed by atoms with E-state index < -0.39 is 0 Å². The van der Waals surface area contributed by atoms with E-state index in [9.17, 15) is 4.79 Å². The molecular weight excluding hydrogens is 200 g/mol. The Kier molecular flexibility index (Phi) is 2.95. The second-order valence-electron chi connectivity index (χ2n) is 4.15. The van der Waals surface area contributed by atoms with Crippen LogP contribution in [0.15, 0.2) is 30.6 Å². The molecule has 0 saturated heterocycles. The van der Waals surface area contributed by atoms with Gasteiger partial charge in [0, 0.05) is 30.3 Å². The molecular formula is C13H14N2O. The van der Waals surface area contributed by atoms with Crippen molar-refractivity contribution in [3.05, 3.63) is 42.0 Å². The Morgan fingerprint density at radius 3 is 2.38 bits per heavy atom. The average Bonchev–Trinajstić information content (AvgIpc) is 2.30. The number of hydrogen-bond acceptors (Lipinski definition) is 3. The van der Waals surface area contributed by atoms with Crippen LogP contribution in [0.4, 0.5) is 0 Å². The fourth-order valence-electron chi connectivity index (χ4n) is 1.53. The molecule has 1 aromatic heterocycles. The van der Waals surface area contributed by atoms with Gasteiger partial charge in [0.05, 0.1) is 0 Å². The largest absolute Gasteiger partial charge is 0.295 e. The number of aromatic nitrogens is 2. The fourth-order valence-corrected chi connectivity index (χ4v) is 1.53. The third kappa shape index (κ3) is 2.24. The first-order valence-electron chi connectivity index (χ1n) is 5.40. The first kappa shape index (κ1) is 10.7. The zero-order valence-corrected chi connectivity index (χ0v) is 9.47. The van der Waals surface area contributed by atoms with Gasteiger partial charge >= 0.3 is 0 Å². The molecule has 3 nitrogen and oxygen atoms in total. The fraction of sp³-hybridized carbons (Fsp3) is 0.308. The minimum absolute atomic E-state index is 0.142. The van der Waals surface area contributed by atoms with Gasteiger partial charge in [0.2, 0.25) is 0 Å². The Hall–Kier alpha value is -1.77. The van der Waals surface area contributed by atoms with Crippen LogP contribution in [-0.4, -0.2) is 15.8 Å². The van der Waals surface area contributed by atoms with Crippen LogP contribution >= 0.6 is 0 Å². The molecule has 0 bridgehead atoms. The maximum absolute atomic E-state index is 11.0. The van der Waals surface area contributed by atoms with Gasteiger partial charge in [0.15, 0.2) is 5.78 Å². The molecule has 0 aromatic carbocycles. The number of ketones is 1. The molecule has 0 aliphatic heterocycles. The van der Waals surface area contributed by atoms with Gasteiger partial charge < -0.3 is 0 Å². The summed E-state index contributed by atoms with van der Waals surface area (Å²) >= 11 is 0. The van der Waals surface area contributed by atoms with Gasteiger partial charge in [0.25, 0.3) is 0 Å². The Balaban J connectivity index is 2.23. The quantitative estimate of drug-likeness (QED) is 0.759. The molecule has 3 heteroatoms. The summed E-state index contributed by atoms with van der Waals surface area (Å²) in [6.07, 6.45) is 9.43. The predicted octanol–water partition coefficient (Wildman–Crippen LogP) is 2.51. The number of hydrogen-bond donors (Lipinski definition) is 0. The van der Waals surface area contributed by atoms with Crippen LogP contribution in [0, 0.1) is 0 Å². The summed E-state index contributed by atoms with van der Waals surface area (Å²) in [5, 5.41) is 0. The van der Waals surface area contributed by atoms with Crippen molar-refractivity contribution in [2.45, 2.75) is 26.2 Å². The molecule has 82 valence electrons. The summed E-state index contributed by atoms with van der Waals surface area (Å²) in [5.74, 6) is 1.33. The highest BCUT2D eigenvalue weighted by Crippen LogP contribution is 2.19. The van der Waals surface area contributed by atoms with Crippen molar-refractivity contribution in [3.8, 4) is 0 Å². The van der Waals surface area contributed by atoms with E-state index in [0.29, 0.717) is 12.3 Å². The zero-order chi connectivity index (χ0) is 11.5. The van der Waals surface area contributed by atoms with E-state index in [1.807, 2.05) is 24.5 Å². The molecule has 0 fully saturated rings. The molecule has 1 aliphatic rings. The van der Waals surface area contributed by atoms with Crippen molar-refractivity contribution in [2.75, 3.05) is 0 Å². The van der Waals surface area contributed by atoms with Crippen molar-refractivity contribution < 1.29 is 4.79 Å². The van der Waals surface area contributed by atoms with Crippen molar-refractivity contribution in [2.24, 2.45) is 0 Å². The molecule has 1 aliphatic carbocycles. The Morgan fingerprint density at radius 2 is 1.88 bits per heavy atom. The normalized spacial score (nSPS) is 15.4. The maximum Gasteiger partial charge on any atom is 0.159 e. The second-order valence-corrected chi connectivity index (χ2v) is 4.15. The lowest BCUT2D eigenvalue weighted by Crippen LogP contribution is -2.00. The number of carbonyl (C=O) groups excluding carboxylic acids is 1. The lowest BCUT2D eigenvalue weighted by molar-refractivity contribution is -0.113. The predicted molar refractivity (Wildman–Crippen MR) is 62.9 cm³/mol. The van der Waals surface area contributed by atoms with Gasteiger partial charge in [-0.25, -0.2) is 9.97 Å². The van der Waals surface area contributed by atoms with Crippen molar-refractivity contribution in [1.82, 2.24) is 9.97 Å². The Bertz CT molecular complexity index is 455. The van der Waals surface area contributed by atoms with Crippen molar-refractivity contribution >= 4 is 11.4 Å². The van der Waals surface area contributed by atoms with E-state index >= 15 is 0 Å². The van der Waals surface area contributed by atoms with Gasteiger partial charge in [-0.3, -0.25) is 4.79 Å². The molecule has 0 saturated carbocycles. The van der Waals surface area contributed by atoms with Crippen LogP contribution in [0.2, 0.25) is 0 Å². The summed E-state index contributed by atoms with van der Waals surface area (Å²) in [4.78, 5) is 19.6. The zero-order valence-electron chi connectivity index (χ0n) is 9.47. The standard InChI is InChI=1S/C13H14N2O/c1-9(2)13-14-7-11(8-15-13)10-3-5-12(16)6-4-10/h3-5,7-9H,6H2,1-2H3. The smallest absolute Gasteiger partial charge is 0.159 e. The molecule has 0 N–H and O–H groups in total. The summed E-state index contributed by atoms with van der Waals surface area (Å²) in [7, 11) is 0. The highest BCUT2D eigenvalue weighted by molar-refractivity contribution is 5.97. The molecule has 16 heavy (non-hydrogen) atoms. The van der Waals surface area contributed by atoms with Gasteiger partial charge in [-0.2, -0.15) is 0 Å². The van der Waals surface area contributed by atoms with Crippen LogP contribution in [-0.2, 0) is 4.79 Å². The number of nitrogens with zero attached hydrogens (tertiary/aromatic N) is 2. The van der Waals surface area contributed by atoms with E-state index in [4.69, 9.17) is 0 Å². The van der Waals surface area contributed by atoms with Crippen LogP contribution < -0.4 is 0 Å². The summed E-state index contributed by atoms with van der Waals surface area (Å²) in [6, 6.07) is 0. The van der Waals surface area contributed by atoms with E-state index in [1.54, 1.807) is 6.08 Å². The first-order valence-corrected chi connectivity index (χ1v) is 5.40. The van der Waals surface area contributed by atoms with Crippen molar-refractivity contribution in [1.29, 1.82) is 0 Å². The molecule has 0 atom stereocenters. The number of rotatable bonds is 2. The molecule has 2 rings (SSSR count). The van der Waals surface area contributed by atoms with E-state index in [0.717, 1.165) is 17.0 Å². The minimum Gasteiger partial charge on any atom is -0.295 e. The van der Waals surface area contributed by atoms with Crippen LogP contribution in [0.25, 0.3) is 5.57 Å². The van der Waals surface area contributed by atoms with Crippen LogP contribution in [0.3, 0.4) is 0 Å². The Morgan fingerprint density at radius 1 is 1.19 bits per heavy atom. The monoisotopic (exact) mass is 214 g/mol. The van der Waals surface area contributed by atoms with Crippen molar-refractivity contribution in [3.63, 3.8) is 0 Å². The van der Waals surface area contributed by atoms with E-state index in [1.165, 1.54) is 0 Å². The molecule has 0 unspecified atom stereocenters. The number of allylic oxidation sites excluding steroid dienone is 4. The lowest BCUT2D eigenvalue weighted by atomic mass is 10.0. The van der Waals surface area contributed by atoms with E-state index in [2.05, 4.69) is 23.8 Å². The van der Waals surface area contributed by atoms with Gasteiger partial charge in [-0.05, 0) is 11.6 Å². The highest BCUT2D eigenvalue weighted by Gasteiger charge is 2.07. The molecule has 0 radical (unpaired) electrons. The maximum atomic E-state index is 11.0. The molecule has 1 aromatic rings. The summed E-state index contributed by atoms with van der Waals surface area (Å²) in [6.45, 7) is 4.13. The molecule has 0 spiro atoms. The third-order valence-electron chi connectivity index (χ3n) is 2.49. The highest BCUT2D eigenvalue weighted by atomic mass is 16.1. The first-order chi connectivity index (χ1) is 7.66. The Labute approximate surface area is 94.9 Å². The summed E-state index contributed by atoms with van der Waals surface area (Å²) in [5.41, 5.74) is 1.99. The lowest BCUT2D eigenvalue weighted by Gasteiger charge is -2.07. The summed E-state index contributed by atoms with van der Waals surface area (Å²) < 4.78 is 0. The van der Waals surface area contributed by atoms with Gasteiger partial charge in [0.1, 0.15) is 5.82 Å². The second kappa shape index (κ2) is 4.39. The number of carbonyl (C=O) groups is 1. The molecule has 1 heterocycles. The van der Waals surface area contributed by atoms with Gasteiger partial charge in [-0.1, -0.05) is 26.0 Å². The van der Waals surface area contributed by atoms with E-state index in [-0.39, 0.29) is 5.78 Å². The minimum atomic E-state index is 0.142. The molecule has 0 amide bonds. The SMILES string of the molecule is CC(C)c1ncc(C2=CCC(=O)C=C2)cn1. The average molecular weight is 214 g/mol. The van der Waals surface area contributed by atoms with Crippen LogP contribution in [0.5, 0.6) is 0 Å². The third-order valence-corrected chi connectivity index (χ3v) is 2.49. The topological polar surface area (TPSA) is 42.9 Å².